The predicted octanol–water partition coefficient (Wildman–Crippen LogP) is 4.18. The molecule has 0 heterocycles. The van der Waals surface area contributed by atoms with Crippen LogP contribution in [0.2, 0.25) is 0 Å². The molecule has 0 amide bonds. The Bertz CT molecular complexity index is 282. The van der Waals surface area contributed by atoms with Crippen molar-refractivity contribution in [1.82, 2.24) is 0 Å². The van der Waals surface area contributed by atoms with Gasteiger partial charge in [-0.15, -0.1) is 0 Å². The van der Waals surface area contributed by atoms with E-state index < -0.39 is 0 Å². The van der Waals surface area contributed by atoms with Crippen molar-refractivity contribution in [2.75, 3.05) is 5.33 Å². The minimum Gasteiger partial charge on any atom is -0.0876 e. The molecule has 0 fully saturated rings. The van der Waals surface area contributed by atoms with Crippen LogP contribution in [0.15, 0.2) is 30.3 Å². The van der Waals surface area contributed by atoms with Crippen LogP contribution in [0, 0.1) is 6.92 Å². The normalized spacial score (nSPS) is 11.8. The molecule has 0 N–H and O–H groups in total. The second kappa shape index (κ2) is 5.23. The van der Waals surface area contributed by atoms with E-state index in [9.17, 15) is 0 Å². The minimum atomic E-state index is 0.934. The Labute approximate surface area is 88.8 Å². The minimum absolute atomic E-state index is 0.934. The van der Waals surface area contributed by atoms with Crippen LogP contribution in [-0.2, 0) is 0 Å². The molecule has 70 valence electrons. The highest BCUT2D eigenvalue weighted by atomic mass is 79.9. The summed E-state index contributed by atoms with van der Waals surface area (Å²) in [6.07, 6.45) is 3.36. The third-order valence-corrected chi connectivity index (χ3v) is 2.62. The van der Waals surface area contributed by atoms with Crippen molar-refractivity contribution < 1.29 is 0 Å². The van der Waals surface area contributed by atoms with E-state index in [4.69, 9.17) is 0 Å². The van der Waals surface area contributed by atoms with E-state index in [1.807, 2.05) is 0 Å². The van der Waals surface area contributed by atoms with E-state index in [-0.39, 0.29) is 0 Å². The van der Waals surface area contributed by atoms with Crippen LogP contribution in [0.25, 0.3) is 5.57 Å². The van der Waals surface area contributed by atoms with Gasteiger partial charge in [0.25, 0.3) is 0 Å². The lowest BCUT2D eigenvalue weighted by Crippen LogP contribution is -1.85. The topological polar surface area (TPSA) is 0 Å². The average molecular weight is 239 g/mol. The first-order valence-electron chi connectivity index (χ1n) is 4.60. The van der Waals surface area contributed by atoms with E-state index in [0.29, 0.717) is 0 Å². The maximum absolute atomic E-state index is 3.50. The Morgan fingerprint density at radius 3 is 2.38 bits per heavy atom. The molecule has 0 saturated heterocycles. The molecule has 1 aromatic rings. The lowest BCUT2D eigenvalue weighted by Gasteiger charge is -2.03. The van der Waals surface area contributed by atoms with Crippen molar-refractivity contribution in [3.63, 3.8) is 0 Å². The molecule has 0 spiro atoms. The van der Waals surface area contributed by atoms with Crippen LogP contribution >= 0.6 is 15.9 Å². The molecule has 13 heavy (non-hydrogen) atoms. The lowest BCUT2D eigenvalue weighted by molar-refractivity contribution is 1.22. The molecule has 0 aromatic heterocycles. The largest absolute Gasteiger partial charge is 0.0876 e. The summed E-state index contributed by atoms with van der Waals surface area (Å²) in [5, 5.41) is 0.934. The zero-order chi connectivity index (χ0) is 9.68. The van der Waals surface area contributed by atoms with Gasteiger partial charge in [-0.2, -0.15) is 0 Å². The molecule has 1 rings (SSSR count). The second-order valence-corrected chi connectivity index (χ2v) is 3.70. The van der Waals surface area contributed by atoms with Gasteiger partial charge in [-0.05, 0) is 24.5 Å². The van der Waals surface area contributed by atoms with Crippen LogP contribution in [-0.4, -0.2) is 5.33 Å². The zero-order valence-corrected chi connectivity index (χ0v) is 9.76. The Morgan fingerprint density at radius 2 is 1.92 bits per heavy atom. The van der Waals surface area contributed by atoms with Gasteiger partial charge in [0.05, 0.1) is 0 Å². The van der Waals surface area contributed by atoms with Crippen molar-refractivity contribution in [3.8, 4) is 0 Å². The van der Waals surface area contributed by atoms with Crippen molar-refractivity contribution >= 4 is 21.5 Å². The molecule has 1 aromatic carbocycles. The average Bonchev–Trinajstić information content (AvgIpc) is 2.16. The zero-order valence-electron chi connectivity index (χ0n) is 8.18. The molecule has 0 nitrogen and oxygen atoms in total. The summed E-state index contributed by atoms with van der Waals surface area (Å²) in [6.45, 7) is 4.28. The molecule has 0 radical (unpaired) electrons. The predicted molar refractivity (Wildman–Crippen MR) is 63.2 cm³/mol. The number of alkyl halides is 1. The third-order valence-electron chi connectivity index (χ3n) is 2.02. The monoisotopic (exact) mass is 238 g/mol. The number of hydrogen-bond donors (Lipinski definition) is 0. The Hall–Kier alpha value is -0.560. The van der Waals surface area contributed by atoms with Crippen LogP contribution < -0.4 is 0 Å². The van der Waals surface area contributed by atoms with Gasteiger partial charge in [0.2, 0.25) is 0 Å². The van der Waals surface area contributed by atoms with Crippen molar-refractivity contribution in [2.45, 2.75) is 20.3 Å². The highest BCUT2D eigenvalue weighted by molar-refractivity contribution is 9.09. The Balaban J connectivity index is 2.92. The standard InChI is InChI=1S/C12H15Br/c1-3-4-12(9-13)11-7-5-10(2)6-8-11/h4-8H,3,9H2,1-2H3/b12-4-. The molecule has 0 atom stereocenters. The van der Waals surface area contributed by atoms with Gasteiger partial charge in [0.1, 0.15) is 0 Å². The summed E-state index contributed by atoms with van der Waals surface area (Å²) in [7, 11) is 0. The quantitative estimate of drug-likeness (QED) is 0.694. The smallest absolute Gasteiger partial charge is 0.0285 e. The van der Waals surface area contributed by atoms with Crippen LogP contribution in [0.4, 0.5) is 0 Å². The van der Waals surface area contributed by atoms with Gasteiger partial charge in [0.15, 0.2) is 0 Å². The molecule has 0 aliphatic carbocycles. The first kappa shape index (κ1) is 10.5. The summed E-state index contributed by atoms with van der Waals surface area (Å²) < 4.78 is 0. The Morgan fingerprint density at radius 1 is 1.31 bits per heavy atom. The Kier molecular flexibility index (Phi) is 4.23. The maximum Gasteiger partial charge on any atom is 0.0285 e. The fourth-order valence-corrected chi connectivity index (χ4v) is 1.82. The van der Waals surface area contributed by atoms with E-state index >= 15 is 0 Å². The van der Waals surface area contributed by atoms with Gasteiger partial charge in [0, 0.05) is 5.33 Å². The van der Waals surface area contributed by atoms with Gasteiger partial charge < -0.3 is 0 Å². The van der Waals surface area contributed by atoms with Gasteiger partial charge in [-0.25, -0.2) is 0 Å². The van der Waals surface area contributed by atoms with Crippen molar-refractivity contribution in [2.24, 2.45) is 0 Å². The fraction of sp³-hybridized carbons (Fsp3) is 0.333. The molecule has 0 aliphatic heterocycles. The number of benzene rings is 1. The third kappa shape index (κ3) is 3.00. The summed E-state index contributed by atoms with van der Waals surface area (Å²) in [4.78, 5) is 0. The highest BCUT2D eigenvalue weighted by Gasteiger charge is 1.97. The summed E-state index contributed by atoms with van der Waals surface area (Å²) >= 11 is 3.50. The van der Waals surface area contributed by atoms with Gasteiger partial charge >= 0.3 is 0 Å². The summed E-state index contributed by atoms with van der Waals surface area (Å²) in [5.74, 6) is 0. The molecular weight excluding hydrogens is 224 g/mol. The molecule has 0 aliphatic rings. The van der Waals surface area contributed by atoms with Gasteiger partial charge in [-0.1, -0.05) is 58.8 Å². The lowest BCUT2D eigenvalue weighted by atomic mass is 10.1. The number of halogens is 1. The van der Waals surface area contributed by atoms with Gasteiger partial charge in [-0.3, -0.25) is 0 Å². The van der Waals surface area contributed by atoms with Crippen LogP contribution in [0.1, 0.15) is 24.5 Å². The van der Waals surface area contributed by atoms with Crippen molar-refractivity contribution in [3.05, 3.63) is 41.5 Å². The fourth-order valence-electron chi connectivity index (χ4n) is 1.26. The first-order chi connectivity index (χ1) is 6.27. The molecule has 1 heteroatoms. The molecular formula is C12H15Br. The number of aryl methyl sites for hydroxylation is 1. The van der Waals surface area contributed by atoms with E-state index in [1.165, 1.54) is 16.7 Å². The van der Waals surface area contributed by atoms with Crippen LogP contribution in [0.5, 0.6) is 0 Å². The van der Waals surface area contributed by atoms with Crippen LogP contribution in [0.3, 0.4) is 0 Å². The molecule has 0 saturated carbocycles. The summed E-state index contributed by atoms with van der Waals surface area (Å²) in [5.41, 5.74) is 4.01. The summed E-state index contributed by atoms with van der Waals surface area (Å²) in [6, 6.07) is 8.67. The van der Waals surface area contributed by atoms with E-state index in [0.717, 1.165) is 11.8 Å². The highest BCUT2D eigenvalue weighted by Crippen LogP contribution is 2.17. The molecule has 0 bridgehead atoms. The SMILES string of the molecule is CC/C=C(/CBr)c1ccc(C)cc1. The van der Waals surface area contributed by atoms with Crippen molar-refractivity contribution in [1.29, 1.82) is 0 Å². The molecule has 0 unspecified atom stereocenters. The van der Waals surface area contributed by atoms with E-state index in [2.05, 4.69) is 60.1 Å². The second-order valence-electron chi connectivity index (χ2n) is 3.14. The number of hydrogen-bond acceptors (Lipinski definition) is 0. The number of rotatable bonds is 3. The van der Waals surface area contributed by atoms with E-state index in [1.54, 1.807) is 0 Å². The number of allylic oxidation sites excluding steroid dienone is 2. The first-order valence-corrected chi connectivity index (χ1v) is 5.72. The maximum atomic E-state index is 3.50.